The summed E-state index contributed by atoms with van der Waals surface area (Å²) in [6.07, 6.45) is 9.17. The van der Waals surface area contributed by atoms with Crippen LogP contribution in [-0.2, 0) is 38.2 Å². The van der Waals surface area contributed by atoms with E-state index < -0.39 is 70.1 Å². The van der Waals surface area contributed by atoms with E-state index in [1.54, 1.807) is 30.4 Å². The number of nitrogens with zero attached hydrogens (tertiary/aromatic N) is 2. The molecule has 6 aliphatic carbocycles. The van der Waals surface area contributed by atoms with E-state index in [0.29, 0.717) is 25.7 Å². The monoisotopic (exact) mass is 544 g/mol. The number of hydrogen-bond acceptors (Lipinski definition) is 8. The number of amides is 4. The van der Waals surface area contributed by atoms with Gasteiger partial charge in [0.2, 0.25) is 23.6 Å². The van der Waals surface area contributed by atoms with Crippen LogP contribution in [0.15, 0.2) is 48.6 Å². The zero-order valence-electron chi connectivity index (χ0n) is 22.1. The van der Waals surface area contributed by atoms with Crippen LogP contribution < -0.4 is 9.80 Å². The van der Waals surface area contributed by atoms with Gasteiger partial charge in [-0.25, -0.2) is 9.80 Å². The van der Waals surface area contributed by atoms with Crippen molar-refractivity contribution in [3.8, 4) is 0 Å². The average Bonchev–Trinajstić information content (AvgIpc) is 3.44. The number of hydrogen-bond donors (Lipinski definition) is 0. The molecule has 8 aliphatic rings. The van der Waals surface area contributed by atoms with Crippen molar-refractivity contribution in [1.82, 2.24) is 0 Å². The summed E-state index contributed by atoms with van der Waals surface area (Å²) in [5.41, 5.74) is -1.95. The van der Waals surface area contributed by atoms with Crippen LogP contribution in [0.2, 0.25) is 0 Å². The summed E-state index contributed by atoms with van der Waals surface area (Å²) in [6.45, 7) is 0. The Hall–Kier alpha value is -4.08. The molecule has 1 aromatic carbocycles. The third-order valence-corrected chi connectivity index (χ3v) is 10.3. The first kappa shape index (κ1) is 24.9. The van der Waals surface area contributed by atoms with Crippen molar-refractivity contribution >= 4 is 46.9 Å². The molecule has 2 saturated carbocycles. The van der Waals surface area contributed by atoms with E-state index in [4.69, 9.17) is 9.47 Å². The molecule has 4 amide bonds. The third kappa shape index (κ3) is 2.83. The number of rotatable bonds is 4. The number of methoxy groups -OCH3 is 2. The van der Waals surface area contributed by atoms with Crippen molar-refractivity contribution < 1.29 is 38.2 Å². The molecule has 8 atom stereocenters. The van der Waals surface area contributed by atoms with E-state index in [1.165, 1.54) is 20.3 Å². The first-order valence-electron chi connectivity index (χ1n) is 13.6. The van der Waals surface area contributed by atoms with E-state index in [1.807, 2.05) is 12.2 Å². The molecule has 0 radical (unpaired) electrons. The van der Waals surface area contributed by atoms with Gasteiger partial charge in [0, 0.05) is 0 Å². The quantitative estimate of drug-likeness (QED) is 0.321. The second-order valence-electron chi connectivity index (χ2n) is 11.7. The van der Waals surface area contributed by atoms with Gasteiger partial charge >= 0.3 is 11.9 Å². The van der Waals surface area contributed by atoms with Crippen LogP contribution in [-0.4, -0.2) is 49.8 Å². The fourth-order valence-electron chi connectivity index (χ4n) is 8.46. The highest BCUT2D eigenvalue weighted by atomic mass is 16.5. The molecule has 10 heteroatoms. The Kier molecular flexibility index (Phi) is 5.12. The molecule has 2 saturated heterocycles. The highest BCUT2D eigenvalue weighted by Gasteiger charge is 2.67. The molecular weight excluding hydrogens is 516 g/mol. The van der Waals surface area contributed by atoms with Gasteiger partial charge in [0.1, 0.15) is 0 Å². The molecule has 40 heavy (non-hydrogen) atoms. The number of fused-ring (bicyclic) bond motifs is 2. The summed E-state index contributed by atoms with van der Waals surface area (Å²) in [5.74, 6) is -6.33. The molecule has 4 bridgehead atoms. The first-order chi connectivity index (χ1) is 19.2. The topological polar surface area (TPSA) is 127 Å². The van der Waals surface area contributed by atoms with Gasteiger partial charge in [-0.05, 0) is 55.7 Å². The minimum atomic E-state index is -1.20. The van der Waals surface area contributed by atoms with Crippen molar-refractivity contribution in [2.45, 2.75) is 25.7 Å². The van der Waals surface area contributed by atoms with Crippen LogP contribution in [0.25, 0.3) is 0 Å². The zero-order chi connectivity index (χ0) is 28.1. The Morgan fingerprint density at radius 2 is 1.15 bits per heavy atom. The van der Waals surface area contributed by atoms with Crippen molar-refractivity contribution in [1.29, 1.82) is 0 Å². The molecule has 4 fully saturated rings. The van der Waals surface area contributed by atoms with Gasteiger partial charge in [0.15, 0.2) is 0 Å². The molecule has 2 heterocycles. The summed E-state index contributed by atoms with van der Waals surface area (Å²) < 4.78 is 10.1. The number of carbonyl (C=O) groups is 6. The number of anilines is 2. The fourth-order valence-corrected chi connectivity index (χ4v) is 8.46. The lowest BCUT2D eigenvalue weighted by molar-refractivity contribution is -0.161. The maximum Gasteiger partial charge on any atom is 0.316 e. The normalized spacial score (nSPS) is 38.6. The fraction of sp³-hybridized carbons (Fsp3) is 0.467. The van der Waals surface area contributed by atoms with Gasteiger partial charge < -0.3 is 9.47 Å². The molecule has 0 unspecified atom stereocenters. The predicted octanol–water partition coefficient (Wildman–Crippen LogP) is 2.18. The van der Waals surface area contributed by atoms with Crippen LogP contribution in [0.1, 0.15) is 25.7 Å². The summed E-state index contributed by atoms with van der Waals surface area (Å²) in [7, 11) is 2.55. The van der Waals surface area contributed by atoms with Crippen LogP contribution in [0.3, 0.4) is 0 Å². The Morgan fingerprint density at radius 1 is 0.725 bits per heavy atom. The third-order valence-electron chi connectivity index (χ3n) is 10.3. The van der Waals surface area contributed by atoms with Gasteiger partial charge in [-0.15, -0.1) is 0 Å². The maximum absolute atomic E-state index is 13.8. The Balaban J connectivity index is 1.25. The largest absolute Gasteiger partial charge is 0.468 e. The number of carbonyl (C=O) groups excluding carboxylic acids is 6. The lowest BCUT2D eigenvalue weighted by atomic mass is 9.55. The van der Waals surface area contributed by atoms with E-state index in [9.17, 15) is 28.8 Å². The Morgan fingerprint density at radius 3 is 1.50 bits per heavy atom. The SMILES string of the molecule is COC(=O)[C@]12C=C[C@@H](CC1)[C@H]1C(=O)N(c3cccc(N4C(=O)[C@@H]5[C@@H](C4=O)[C@]4(C(=O)OC)C=C[C@H]5CC4)c3)C(=O)[C@@H]12. The molecule has 0 aromatic heterocycles. The zero-order valence-corrected chi connectivity index (χ0v) is 22.1. The molecule has 0 spiro atoms. The maximum atomic E-state index is 13.8. The highest BCUT2D eigenvalue weighted by Crippen LogP contribution is 2.59. The molecule has 1 aromatic rings. The number of imide groups is 2. The molecule has 10 nitrogen and oxygen atoms in total. The summed E-state index contributed by atoms with van der Waals surface area (Å²) in [5, 5.41) is 0. The second-order valence-corrected chi connectivity index (χ2v) is 11.7. The summed E-state index contributed by atoms with van der Waals surface area (Å²) in [6, 6.07) is 6.23. The molecule has 9 rings (SSSR count). The lowest BCUT2D eigenvalue weighted by Crippen LogP contribution is -2.51. The van der Waals surface area contributed by atoms with Gasteiger partial charge in [-0.1, -0.05) is 30.4 Å². The van der Waals surface area contributed by atoms with Crippen LogP contribution in [0, 0.1) is 46.3 Å². The van der Waals surface area contributed by atoms with Crippen molar-refractivity contribution in [2.75, 3.05) is 24.0 Å². The molecule has 0 N–H and O–H groups in total. The van der Waals surface area contributed by atoms with Crippen LogP contribution >= 0.6 is 0 Å². The van der Waals surface area contributed by atoms with Gasteiger partial charge in [0.05, 0.1) is 60.1 Å². The summed E-state index contributed by atoms with van der Waals surface area (Å²) >= 11 is 0. The number of ether oxygens (including phenoxy) is 2. The van der Waals surface area contributed by atoms with Crippen LogP contribution in [0.4, 0.5) is 11.4 Å². The van der Waals surface area contributed by atoms with Crippen molar-refractivity contribution in [3.63, 3.8) is 0 Å². The van der Waals surface area contributed by atoms with Crippen molar-refractivity contribution in [3.05, 3.63) is 48.6 Å². The summed E-state index contributed by atoms with van der Waals surface area (Å²) in [4.78, 5) is 83.0. The second kappa shape index (κ2) is 8.22. The first-order valence-corrected chi connectivity index (χ1v) is 13.6. The highest BCUT2D eigenvalue weighted by molar-refractivity contribution is 6.26. The number of benzene rings is 1. The van der Waals surface area contributed by atoms with E-state index in [0.717, 1.165) is 9.80 Å². The lowest BCUT2D eigenvalue weighted by Gasteiger charge is -2.45. The minimum absolute atomic E-state index is 0.163. The molecule has 2 aliphatic heterocycles. The number of allylic oxidation sites excluding steroid dienone is 2. The van der Waals surface area contributed by atoms with Crippen LogP contribution in [0.5, 0.6) is 0 Å². The van der Waals surface area contributed by atoms with E-state index in [2.05, 4.69) is 0 Å². The van der Waals surface area contributed by atoms with Gasteiger partial charge in [-0.2, -0.15) is 0 Å². The minimum Gasteiger partial charge on any atom is -0.468 e. The van der Waals surface area contributed by atoms with Gasteiger partial charge in [-0.3, -0.25) is 28.8 Å². The molecular formula is C30H28N2O8. The van der Waals surface area contributed by atoms with Gasteiger partial charge in [0.25, 0.3) is 0 Å². The molecule has 206 valence electrons. The smallest absolute Gasteiger partial charge is 0.316 e. The standard InChI is InChI=1S/C30H28N2O8/c1-39-27(37)29-10-6-15(7-11-29)19-21(29)25(35)31(23(19)33)17-4-3-5-18(14-17)32-24(34)20-16-8-12-30(13-9-16,28(38)40-2)22(20)26(32)36/h3-6,8,10,12,14-16,19-22H,7,9,11,13H2,1-2H3/t15-,16-,19-,20+,21-,22+,29-,30+/m0/s1. The Labute approximate surface area is 229 Å². The van der Waals surface area contributed by atoms with Crippen molar-refractivity contribution in [2.24, 2.45) is 46.3 Å². The van der Waals surface area contributed by atoms with E-state index in [-0.39, 0.29) is 23.2 Å². The van der Waals surface area contributed by atoms with E-state index >= 15 is 0 Å². The number of esters is 2. The predicted molar refractivity (Wildman–Crippen MR) is 138 cm³/mol. The Bertz CT molecular complexity index is 1370. The average molecular weight is 545 g/mol.